The van der Waals surface area contributed by atoms with E-state index in [9.17, 15) is 18.4 Å². The zero-order valence-electron chi connectivity index (χ0n) is 15.2. The highest BCUT2D eigenvalue weighted by molar-refractivity contribution is 8.16. The lowest BCUT2D eigenvalue weighted by Gasteiger charge is -2.19. The van der Waals surface area contributed by atoms with Gasteiger partial charge >= 0.3 is 6.09 Å². The van der Waals surface area contributed by atoms with E-state index in [0.717, 1.165) is 34.8 Å². The molecule has 3 aliphatic rings. The highest BCUT2D eigenvalue weighted by Gasteiger charge is 2.35. The number of hydrogen-bond acceptors (Lipinski definition) is 5. The maximum absolute atomic E-state index is 14.6. The van der Waals surface area contributed by atoms with Crippen LogP contribution >= 0.6 is 11.8 Å². The summed E-state index contributed by atoms with van der Waals surface area (Å²) in [6, 6.07) is 2.21. The molecule has 148 valence electrons. The molecule has 1 saturated carbocycles. The number of hydrogen-bond donors (Lipinski definition) is 1. The number of anilines is 2. The summed E-state index contributed by atoms with van der Waals surface area (Å²) in [6.07, 6.45) is 2.11. The molecule has 0 bridgehead atoms. The first-order valence-corrected chi connectivity index (χ1v) is 9.72. The van der Waals surface area contributed by atoms with E-state index in [4.69, 9.17) is 4.74 Å². The molecule has 0 unspecified atom stereocenters. The Hall–Kier alpha value is -2.55. The molecule has 28 heavy (non-hydrogen) atoms. The third-order valence-corrected chi connectivity index (χ3v) is 5.60. The van der Waals surface area contributed by atoms with Crippen LogP contribution in [0.4, 0.5) is 25.0 Å². The maximum atomic E-state index is 14.6. The van der Waals surface area contributed by atoms with Crippen molar-refractivity contribution in [1.29, 1.82) is 0 Å². The van der Waals surface area contributed by atoms with Crippen LogP contribution in [0.25, 0.3) is 0 Å². The first-order chi connectivity index (χ1) is 13.3. The summed E-state index contributed by atoms with van der Waals surface area (Å²) in [6.45, 7) is 4.05. The number of nitrogens with zero attached hydrogens (tertiary/aromatic N) is 2. The molecule has 6 nitrogen and oxygen atoms in total. The second-order valence-electron chi connectivity index (χ2n) is 7.02. The molecule has 0 aromatic heterocycles. The van der Waals surface area contributed by atoms with Crippen LogP contribution in [0.2, 0.25) is 0 Å². The minimum Gasteiger partial charge on any atom is -0.442 e. The van der Waals surface area contributed by atoms with Gasteiger partial charge in [-0.3, -0.25) is 9.69 Å². The minimum absolute atomic E-state index is 0.0513. The highest BCUT2D eigenvalue weighted by atomic mass is 32.2. The summed E-state index contributed by atoms with van der Waals surface area (Å²) in [5.41, 5.74) is -0.136. The Balaban J connectivity index is 1.45. The van der Waals surface area contributed by atoms with Crippen molar-refractivity contribution in [2.45, 2.75) is 18.9 Å². The van der Waals surface area contributed by atoms with Crippen LogP contribution in [0.5, 0.6) is 0 Å². The third kappa shape index (κ3) is 3.84. The molecule has 2 saturated heterocycles. The first kappa shape index (κ1) is 18.8. The van der Waals surface area contributed by atoms with E-state index >= 15 is 0 Å². The lowest BCUT2D eigenvalue weighted by molar-refractivity contribution is -0.122. The SMILES string of the molecule is C=C1S/C1=C/N(C)c1c(F)cc(N2C[C@H](CNC(=O)C3CC3)OC2=O)cc1F. The largest absolute Gasteiger partial charge is 0.442 e. The van der Waals surface area contributed by atoms with Crippen molar-refractivity contribution in [2.24, 2.45) is 5.92 Å². The topological polar surface area (TPSA) is 61.9 Å². The van der Waals surface area contributed by atoms with Gasteiger partial charge < -0.3 is 15.0 Å². The molecule has 1 aliphatic carbocycles. The number of ether oxygens (including phenoxy) is 1. The van der Waals surface area contributed by atoms with Crippen LogP contribution in [0, 0.1) is 17.6 Å². The van der Waals surface area contributed by atoms with Crippen molar-refractivity contribution in [1.82, 2.24) is 5.32 Å². The summed E-state index contributed by atoms with van der Waals surface area (Å²) in [7, 11) is 1.54. The molecule has 1 N–H and O–H groups in total. The molecule has 0 spiro atoms. The van der Waals surface area contributed by atoms with Gasteiger partial charge in [-0.05, 0) is 12.8 Å². The molecular weight excluding hydrogens is 388 g/mol. The Bertz CT molecular complexity index is 877. The predicted octanol–water partition coefficient (Wildman–Crippen LogP) is 3.35. The van der Waals surface area contributed by atoms with Crippen molar-refractivity contribution < 1.29 is 23.1 Å². The van der Waals surface area contributed by atoms with Gasteiger partial charge in [0.2, 0.25) is 5.91 Å². The van der Waals surface area contributed by atoms with Gasteiger partial charge in [0.15, 0.2) is 11.6 Å². The van der Waals surface area contributed by atoms with Crippen LogP contribution in [0.15, 0.2) is 34.7 Å². The molecular formula is C19H19F2N3O3S. The van der Waals surface area contributed by atoms with Gasteiger partial charge in [0, 0.05) is 41.1 Å². The third-order valence-electron chi connectivity index (χ3n) is 4.77. The van der Waals surface area contributed by atoms with Crippen molar-refractivity contribution in [3.8, 4) is 0 Å². The number of nitrogens with one attached hydrogen (secondary N) is 1. The smallest absolute Gasteiger partial charge is 0.414 e. The van der Waals surface area contributed by atoms with Crippen molar-refractivity contribution >= 4 is 35.1 Å². The standard InChI is InChI=1S/C19H19F2N3O3S/c1-10-16(28-10)9-23(2)17-14(20)5-12(6-15(17)21)24-8-13(27-19(24)26)7-22-18(25)11-3-4-11/h5-6,9,11,13H,1,3-4,7-8H2,2H3,(H,22,25)/b16-9+/t13-/m0/s1. The van der Waals surface area contributed by atoms with Crippen molar-refractivity contribution in [2.75, 3.05) is 29.9 Å². The molecule has 1 aromatic carbocycles. The van der Waals surface area contributed by atoms with E-state index in [0.29, 0.717) is 0 Å². The van der Waals surface area contributed by atoms with Crippen molar-refractivity contribution in [3.63, 3.8) is 0 Å². The van der Waals surface area contributed by atoms with Gasteiger partial charge in [-0.2, -0.15) is 0 Å². The summed E-state index contributed by atoms with van der Waals surface area (Å²) in [5.74, 6) is -1.57. The molecule has 9 heteroatoms. The monoisotopic (exact) mass is 407 g/mol. The molecule has 2 aliphatic heterocycles. The zero-order valence-corrected chi connectivity index (χ0v) is 16.0. The minimum atomic E-state index is -0.788. The molecule has 3 fully saturated rings. The second kappa shape index (κ2) is 7.12. The number of thioether (sulfide) groups is 1. The maximum Gasteiger partial charge on any atom is 0.414 e. The number of cyclic esters (lactones) is 1. The van der Waals surface area contributed by atoms with E-state index in [-0.39, 0.29) is 36.3 Å². The fraction of sp³-hybridized carbons (Fsp3) is 0.368. The summed E-state index contributed by atoms with van der Waals surface area (Å²) in [4.78, 5) is 28.1. The summed E-state index contributed by atoms with van der Waals surface area (Å²) < 4.78 is 34.4. The Labute approximate surface area is 165 Å². The molecule has 0 radical (unpaired) electrons. The first-order valence-electron chi connectivity index (χ1n) is 8.90. The van der Waals surface area contributed by atoms with Crippen LogP contribution in [-0.2, 0) is 9.53 Å². The van der Waals surface area contributed by atoms with Gasteiger partial charge in [0.25, 0.3) is 0 Å². The van der Waals surface area contributed by atoms with E-state index in [1.165, 1.54) is 21.6 Å². The van der Waals surface area contributed by atoms with Crippen molar-refractivity contribution in [3.05, 3.63) is 46.4 Å². The van der Waals surface area contributed by atoms with Gasteiger partial charge in [0.1, 0.15) is 11.8 Å². The molecule has 1 atom stereocenters. The summed E-state index contributed by atoms with van der Waals surface area (Å²) >= 11 is 1.44. The predicted molar refractivity (Wildman–Crippen MR) is 103 cm³/mol. The average Bonchev–Trinajstić information content (AvgIpc) is 3.54. The van der Waals surface area contributed by atoms with E-state index in [2.05, 4.69) is 11.9 Å². The number of amides is 2. The lowest BCUT2D eigenvalue weighted by Crippen LogP contribution is -2.35. The van der Waals surface area contributed by atoms with Crippen LogP contribution in [0.1, 0.15) is 12.8 Å². The molecule has 2 amide bonds. The number of rotatable bonds is 6. The second-order valence-corrected chi connectivity index (χ2v) is 8.16. The molecule has 1 aromatic rings. The van der Waals surface area contributed by atoms with Gasteiger partial charge in [0.05, 0.1) is 18.8 Å². The van der Waals surface area contributed by atoms with Crippen LogP contribution < -0.4 is 15.1 Å². The normalized spacial score (nSPS) is 22.5. The fourth-order valence-electron chi connectivity index (χ4n) is 3.03. The Morgan fingerprint density at radius 2 is 2.07 bits per heavy atom. The Kier molecular flexibility index (Phi) is 4.78. The van der Waals surface area contributed by atoms with Crippen LogP contribution in [0.3, 0.4) is 0 Å². The van der Waals surface area contributed by atoms with E-state index in [1.807, 2.05) is 0 Å². The number of carbonyl (C=O) groups is 2. The van der Waals surface area contributed by atoms with E-state index < -0.39 is 23.8 Å². The van der Waals surface area contributed by atoms with Gasteiger partial charge in [-0.25, -0.2) is 13.6 Å². The molecule has 2 heterocycles. The van der Waals surface area contributed by atoms with Gasteiger partial charge in [-0.1, -0.05) is 18.3 Å². The number of benzene rings is 1. The Morgan fingerprint density at radius 1 is 1.43 bits per heavy atom. The zero-order chi connectivity index (χ0) is 20.0. The fourth-order valence-corrected chi connectivity index (χ4v) is 3.51. The Morgan fingerprint density at radius 3 is 2.64 bits per heavy atom. The van der Waals surface area contributed by atoms with Crippen LogP contribution in [-0.4, -0.2) is 38.2 Å². The average molecular weight is 407 g/mol. The number of halogens is 2. The number of carbonyl (C=O) groups excluding carboxylic acids is 2. The van der Waals surface area contributed by atoms with E-state index in [1.54, 1.807) is 13.2 Å². The quantitative estimate of drug-likeness (QED) is 0.733. The molecule has 4 rings (SSSR count). The lowest BCUT2D eigenvalue weighted by atomic mass is 10.2. The highest BCUT2D eigenvalue weighted by Crippen LogP contribution is 2.49. The van der Waals surface area contributed by atoms with Gasteiger partial charge in [-0.15, -0.1) is 0 Å². The summed E-state index contributed by atoms with van der Waals surface area (Å²) in [5, 5.41) is 2.74.